The second kappa shape index (κ2) is 6.00. The van der Waals surface area contributed by atoms with Crippen LogP contribution in [0.4, 0.5) is 0 Å². The van der Waals surface area contributed by atoms with Crippen LogP contribution in [0.2, 0.25) is 0 Å². The minimum absolute atomic E-state index is 0.155. The molecule has 124 valence electrons. The number of nitrogens with one attached hydrogen (secondary N) is 1. The number of carboxylic acid groups (broad SMARTS) is 2. The molecule has 2 atom stereocenters. The maximum absolute atomic E-state index is 11.8. The summed E-state index contributed by atoms with van der Waals surface area (Å²) < 4.78 is 0. The number of carbonyl (C=O) groups is 2. The summed E-state index contributed by atoms with van der Waals surface area (Å²) in [5.41, 5.74) is 1.03. The summed E-state index contributed by atoms with van der Waals surface area (Å²) in [5.74, 6) is -2.64. The molecule has 0 bridgehead atoms. The molecule has 0 radical (unpaired) electrons. The Morgan fingerprint density at radius 3 is 2.71 bits per heavy atom. The second-order valence-electron chi connectivity index (χ2n) is 6.32. The summed E-state index contributed by atoms with van der Waals surface area (Å²) in [6, 6.07) is 7.88. The van der Waals surface area contributed by atoms with Gasteiger partial charge in [0.1, 0.15) is 0 Å². The molecular weight excluding hydrogens is 306 g/mol. The summed E-state index contributed by atoms with van der Waals surface area (Å²) >= 11 is 0. The van der Waals surface area contributed by atoms with Gasteiger partial charge < -0.3 is 15.2 Å². The third kappa shape index (κ3) is 2.62. The quantitative estimate of drug-likeness (QED) is 0.786. The maximum atomic E-state index is 11.8. The topological polar surface area (TPSA) is 90.4 Å². The van der Waals surface area contributed by atoms with E-state index in [1.54, 1.807) is 13.0 Å². The lowest BCUT2D eigenvalue weighted by Gasteiger charge is -2.34. The van der Waals surface area contributed by atoms with E-state index in [2.05, 4.69) is 4.98 Å². The Morgan fingerprint density at radius 2 is 2.00 bits per heavy atom. The zero-order valence-electron chi connectivity index (χ0n) is 13.3. The number of hydrogen-bond acceptors (Lipinski definition) is 2. The molecule has 0 spiro atoms. The number of allylic oxidation sites excluding steroid dienone is 2. The molecule has 1 aliphatic carbocycles. The lowest BCUT2D eigenvalue weighted by atomic mass is 9.68. The Labute approximate surface area is 139 Å². The molecule has 5 nitrogen and oxygen atoms in total. The van der Waals surface area contributed by atoms with E-state index in [-0.39, 0.29) is 5.57 Å². The Morgan fingerprint density at radius 1 is 1.25 bits per heavy atom. The summed E-state index contributed by atoms with van der Waals surface area (Å²) in [4.78, 5) is 26.5. The first-order chi connectivity index (χ1) is 11.4. The van der Waals surface area contributed by atoms with Gasteiger partial charge in [0.2, 0.25) is 0 Å². The molecule has 2 unspecified atom stereocenters. The third-order valence-corrected chi connectivity index (χ3v) is 4.90. The number of rotatable bonds is 5. The average Bonchev–Trinajstić information content (AvgIpc) is 2.96. The van der Waals surface area contributed by atoms with Gasteiger partial charge in [-0.25, -0.2) is 4.79 Å². The average molecular weight is 325 g/mol. The number of H-pyrrole nitrogens is 1. The van der Waals surface area contributed by atoms with Crippen molar-refractivity contribution in [2.75, 3.05) is 0 Å². The molecule has 2 aromatic rings. The number of aromatic amines is 1. The number of para-hydroxylation sites is 1. The summed E-state index contributed by atoms with van der Waals surface area (Å²) in [6.07, 6.45) is 7.59. The molecule has 1 aromatic heterocycles. The zero-order chi connectivity index (χ0) is 17.3. The molecule has 3 rings (SSSR count). The van der Waals surface area contributed by atoms with Crippen molar-refractivity contribution in [2.45, 2.75) is 19.8 Å². The first-order valence-electron chi connectivity index (χ1n) is 7.84. The SMILES string of the molecule is CC1(C(=O)O)C=CC=C(C(=O)O)C1CCc1c[nH]c2ccccc12. The van der Waals surface area contributed by atoms with E-state index in [9.17, 15) is 19.8 Å². The van der Waals surface area contributed by atoms with Gasteiger partial charge in [-0.2, -0.15) is 0 Å². The van der Waals surface area contributed by atoms with Crippen LogP contribution in [0.15, 0.2) is 54.3 Å². The standard InChI is InChI=1S/C19H19NO4/c1-19(18(23)24)10-4-6-14(17(21)22)15(19)9-8-12-11-20-16-7-3-2-5-13(12)16/h2-7,10-11,15,20H,8-9H2,1H3,(H,21,22)(H,23,24). The van der Waals surface area contributed by atoms with Gasteiger partial charge in [-0.15, -0.1) is 0 Å². The van der Waals surface area contributed by atoms with Gasteiger partial charge in [0.05, 0.1) is 5.41 Å². The van der Waals surface area contributed by atoms with Crippen molar-refractivity contribution in [1.29, 1.82) is 0 Å². The molecule has 1 aliphatic rings. The Balaban J connectivity index is 1.90. The summed E-state index contributed by atoms with van der Waals surface area (Å²) in [7, 11) is 0. The van der Waals surface area contributed by atoms with E-state index in [0.29, 0.717) is 12.8 Å². The summed E-state index contributed by atoms with van der Waals surface area (Å²) in [6.45, 7) is 1.58. The van der Waals surface area contributed by atoms with E-state index in [4.69, 9.17) is 0 Å². The molecule has 1 heterocycles. The molecule has 3 N–H and O–H groups in total. The predicted molar refractivity (Wildman–Crippen MR) is 90.7 cm³/mol. The van der Waals surface area contributed by atoms with E-state index >= 15 is 0 Å². The molecule has 0 aliphatic heterocycles. The van der Waals surface area contributed by atoms with E-state index in [1.165, 1.54) is 12.2 Å². The van der Waals surface area contributed by atoms with Crippen LogP contribution in [0.3, 0.4) is 0 Å². The van der Waals surface area contributed by atoms with Crippen molar-refractivity contribution in [1.82, 2.24) is 4.98 Å². The molecule has 0 saturated heterocycles. The Hall–Kier alpha value is -2.82. The first-order valence-corrected chi connectivity index (χ1v) is 7.84. The molecular formula is C19H19NO4. The monoisotopic (exact) mass is 325 g/mol. The van der Waals surface area contributed by atoms with E-state index in [0.717, 1.165) is 16.5 Å². The van der Waals surface area contributed by atoms with Gasteiger partial charge in [0.15, 0.2) is 0 Å². The molecule has 0 saturated carbocycles. The zero-order valence-corrected chi connectivity index (χ0v) is 13.3. The highest BCUT2D eigenvalue weighted by atomic mass is 16.4. The number of carboxylic acids is 2. The normalized spacial score (nSPS) is 23.2. The second-order valence-corrected chi connectivity index (χ2v) is 6.32. The van der Waals surface area contributed by atoms with Gasteiger partial charge in [-0.1, -0.05) is 36.4 Å². The van der Waals surface area contributed by atoms with Crippen molar-refractivity contribution in [3.05, 3.63) is 59.8 Å². The maximum Gasteiger partial charge on any atom is 0.331 e. The van der Waals surface area contributed by atoms with Crippen molar-refractivity contribution >= 4 is 22.8 Å². The smallest absolute Gasteiger partial charge is 0.331 e. The predicted octanol–water partition coefficient (Wildman–Crippen LogP) is 3.39. The van der Waals surface area contributed by atoms with Crippen molar-refractivity contribution in [3.8, 4) is 0 Å². The van der Waals surface area contributed by atoms with Crippen molar-refractivity contribution in [2.24, 2.45) is 11.3 Å². The fourth-order valence-electron chi connectivity index (χ4n) is 3.44. The van der Waals surface area contributed by atoms with Crippen molar-refractivity contribution < 1.29 is 19.8 Å². The van der Waals surface area contributed by atoms with Crippen LogP contribution < -0.4 is 0 Å². The molecule has 1 aromatic carbocycles. The fraction of sp³-hybridized carbons (Fsp3) is 0.263. The van der Waals surface area contributed by atoms with Crippen LogP contribution in [0.1, 0.15) is 18.9 Å². The fourth-order valence-corrected chi connectivity index (χ4v) is 3.44. The number of benzene rings is 1. The Bertz CT molecular complexity index is 861. The van der Waals surface area contributed by atoms with Crippen LogP contribution in [-0.4, -0.2) is 27.1 Å². The van der Waals surface area contributed by atoms with Gasteiger partial charge in [-0.05, 0) is 31.4 Å². The number of aromatic nitrogens is 1. The highest BCUT2D eigenvalue weighted by molar-refractivity contribution is 5.91. The largest absolute Gasteiger partial charge is 0.481 e. The third-order valence-electron chi connectivity index (χ3n) is 4.90. The summed E-state index contributed by atoms with van der Waals surface area (Å²) in [5, 5.41) is 20.2. The lowest BCUT2D eigenvalue weighted by molar-refractivity contribution is -0.148. The highest BCUT2D eigenvalue weighted by Gasteiger charge is 2.44. The minimum Gasteiger partial charge on any atom is -0.481 e. The molecule has 0 amide bonds. The number of fused-ring (bicyclic) bond motifs is 1. The number of aryl methyl sites for hydroxylation is 1. The van der Waals surface area contributed by atoms with Crippen LogP contribution in [0, 0.1) is 11.3 Å². The first kappa shape index (κ1) is 16.1. The number of hydrogen-bond donors (Lipinski definition) is 3. The van der Waals surface area contributed by atoms with Crippen LogP contribution >= 0.6 is 0 Å². The van der Waals surface area contributed by atoms with E-state index in [1.807, 2.05) is 30.5 Å². The van der Waals surface area contributed by atoms with E-state index < -0.39 is 23.3 Å². The lowest BCUT2D eigenvalue weighted by Crippen LogP contribution is -2.38. The van der Waals surface area contributed by atoms with Crippen LogP contribution in [0.5, 0.6) is 0 Å². The molecule has 5 heteroatoms. The molecule has 24 heavy (non-hydrogen) atoms. The molecule has 0 fully saturated rings. The Kier molecular flexibility index (Phi) is 4.01. The van der Waals surface area contributed by atoms with Crippen LogP contribution in [0.25, 0.3) is 10.9 Å². The van der Waals surface area contributed by atoms with Gasteiger partial charge in [0, 0.05) is 28.6 Å². The number of aliphatic carboxylic acids is 2. The minimum atomic E-state index is -1.21. The highest BCUT2D eigenvalue weighted by Crippen LogP contribution is 2.41. The van der Waals surface area contributed by atoms with Gasteiger partial charge >= 0.3 is 11.9 Å². The van der Waals surface area contributed by atoms with Gasteiger partial charge in [-0.3, -0.25) is 4.79 Å². The van der Waals surface area contributed by atoms with Crippen LogP contribution in [-0.2, 0) is 16.0 Å². The van der Waals surface area contributed by atoms with Gasteiger partial charge in [0.25, 0.3) is 0 Å². The van der Waals surface area contributed by atoms with Crippen molar-refractivity contribution in [3.63, 3.8) is 0 Å².